The Morgan fingerprint density at radius 2 is 2.07 bits per heavy atom. The van der Waals surface area contributed by atoms with E-state index in [2.05, 4.69) is 5.32 Å². The molecule has 5 nitrogen and oxygen atoms in total. The van der Waals surface area contributed by atoms with Gasteiger partial charge in [0.15, 0.2) is 0 Å². The van der Waals surface area contributed by atoms with E-state index >= 15 is 0 Å². The van der Waals surface area contributed by atoms with Gasteiger partial charge in [0.2, 0.25) is 0 Å². The van der Waals surface area contributed by atoms with Crippen molar-refractivity contribution in [3.63, 3.8) is 0 Å². The van der Waals surface area contributed by atoms with Crippen molar-refractivity contribution in [3.05, 3.63) is 64.5 Å². The maximum Gasteiger partial charge on any atom is 0.258 e. The topological polar surface area (TPSA) is 52.7 Å². The summed E-state index contributed by atoms with van der Waals surface area (Å²) in [5.74, 6) is -0.268. The number of hydrogen-bond acceptors (Lipinski definition) is 3. The summed E-state index contributed by atoms with van der Waals surface area (Å²) in [6, 6.07) is 10.2. The molecule has 2 aromatic rings. The van der Waals surface area contributed by atoms with Crippen molar-refractivity contribution in [1.29, 1.82) is 0 Å². The number of anilines is 1. The Morgan fingerprint density at radius 3 is 2.86 bits per heavy atom. The third kappa shape index (κ3) is 3.02. The summed E-state index contributed by atoms with van der Waals surface area (Å²) in [4.78, 5) is 29.6. The number of nitrogens with zero attached hydrogens (tertiary/aromatic N) is 2. The lowest BCUT2D eigenvalue weighted by Gasteiger charge is -2.31. The van der Waals surface area contributed by atoms with Crippen molar-refractivity contribution in [3.8, 4) is 0 Å². The van der Waals surface area contributed by atoms with Gasteiger partial charge < -0.3 is 15.1 Å². The van der Waals surface area contributed by atoms with Crippen LogP contribution in [0.2, 0.25) is 0 Å². The number of rotatable bonds is 2. The van der Waals surface area contributed by atoms with Crippen molar-refractivity contribution in [2.75, 3.05) is 24.5 Å². The Kier molecular flexibility index (Phi) is 4.39. The molecule has 29 heavy (non-hydrogen) atoms. The van der Waals surface area contributed by atoms with Crippen LogP contribution in [0.25, 0.3) is 0 Å². The molecule has 2 amide bonds. The van der Waals surface area contributed by atoms with Crippen LogP contribution in [0.15, 0.2) is 36.4 Å². The number of benzene rings is 2. The Morgan fingerprint density at radius 1 is 1.21 bits per heavy atom. The number of piperidine rings is 1. The number of amides is 2. The van der Waals surface area contributed by atoms with E-state index in [9.17, 15) is 14.0 Å². The van der Waals surface area contributed by atoms with E-state index in [0.717, 1.165) is 37.1 Å². The van der Waals surface area contributed by atoms with Crippen LogP contribution >= 0.6 is 0 Å². The van der Waals surface area contributed by atoms with Crippen molar-refractivity contribution in [2.45, 2.75) is 38.3 Å². The van der Waals surface area contributed by atoms with E-state index in [-0.39, 0.29) is 29.6 Å². The molecule has 3 aliphatic heterocycles. The highest BCUT2D eigenvalue weighted by molar-refractivity contribution is 6.08. The quantitative estimate of drug-likeness (QED) is 0.852. The average Bonchev–Trinajstić information content (AvgIpc) is 3.24. The molecule has 1 N–H and O–H groups in total. The Labute approximate surface area is 169 Å². The molecule has 1 fully saturated rings. The molecule has 2 atom stereocenters. The van der Waals surface area contributed by atoms with Crippen molar-refractivity contribution >= 4 is 17.5 Å². The standard InChI is InChI=1S/C23H24FN3O2/c1-14-12-27(21-10-17(24)5-7-19(14)21)22(28)15-4-6-20-16(9-15)13-26(23(20)29)18-3-2-8-25-11-18/h4-7,9-10,14,18,25H,2-3,8,11-13H2,1H3/t14-,18?/m1/s1. The molecule has 6 heteroatoms. The number of hydrogen-bond donors (Lipinski definition) is 1. The van der Waals surface area contributed by atoms with Gasteiger partial charge in [0.05, 0.1) is 5.69 Å². The van der Waals surface area contributed by atoms with Gasteiger partial charge in [-0.05, 0) is 60.8 Å². The van der Waals surface area contributed by atoms with Gasteiger partial charge in [-0.2, -0.15) is 0 Å². The van der Waals surface area contributed by atoms with Crippen LogP contribution in [0.4, 0.5) is 10.1 Å². The molecule has 3 aliphatic rings. The maximum atomic E-state index is 13.8. The normalized spacial score (nSPS) is 23.3. The SMILES string of the molecule is C[C@@H]1CN(C(=O)c2ccc3c(c2)CN(C2CCCNC2)C3=O)c2cc(F)ccc21. The molecule has 2 aromatic carbocycles. The minimum Gasteiger partial charge on any atom is -0.330 e. The van der Waals surface area contributed by atoms with Gasteiger partial charge in [-0.3, -0.25) is 9.59 Å². The summed E-state index contributed by atoms with van der Waals surface area (Å²) in [5, 5.41) is 3.36. The van der Waals surface area contributed by atoms with Crippen LogP contribution in [-0.4, -0.2) is 42.4 Å². The van der Waals surface area contributed by atoms with Crippen LogP contribution in [0.3, 0.4) is 0 Å². The number of nitrogens with one attached hydrogen (secondary N) is 1. The van der Waals surface area contributed by atoms with E-state index in [1.807, 2.05) is 17.9 Å². The summed E-state index contributed by atoms with van der Waals surface area (Å²) >= 11 is 0. The smallest absolute Gasteiger partial charge is 0.258 e. The van der Waals surface area contributed by atoms with Gasteiger partial charge in [-0.25, -0.2) is 4.39 Å². The highest BCUT2D eigenvalue weighted by Crippen LogP contribution is 2.37. The second-order valence-electron chi connectivity index (χ2n) is 8.33. The monoisotopic (exact) mass is 393 g/mol. The highest BCUT2D eigenvalue weighted by atomic mass is 19.1. The highest BCUT2D eigenvalue weighted by Gasteiger charge is 2.35. The summed E-state index contributed by atoms with van der Waals surface area (Å²) in [5.41, 5.74) is 3.78. The molecule has 3 heterocycles. The van der Waals surface area contributed by atoms with Crippen molar-refractivity contribution in [1.82, 2.24) is 10.2 Å². The number of carbonyl (C=O) groups excluding carboxylic acids is 2. The first kappa shape index (κ1) is 18.3. The lowest BCUT2D eigenvalue weighted by molar-refractivity contribution is 0.0674. The molecule has 150 valence electrons. The Bertz CT molecular complexity index is 1000. The second kappa shape index (κ2) is 6.95. The molecule has 0 aliphatic carbocycles. The van der Waals surface area contributed by atoms with Gasteiger partial charge >= 0.3 is 0 Å². The van der Waals surface area contributed by atoms with Gasteiger partial charge in [-0.15, -0.1) is 0 Å². The van der Waals surface area contributed by atoms with Crippen LogP contribution in [-0.2, 0) is 6.54 Å². The molecule has 0 aromatic heterocycles. The molecule has 5 rings (SSSR count). The van der Waals surface area contributed by atoms with Crippen LogP contribution in [0.1, 0.15) is 57.5 Å². The molecular weight excluding hydrogens is 369 g/mol. The summed E-state index contributed by atoms with van der Waals surface area (Å²) in [6.07, 6.45) is 2.07. The zero-order valence-corrected chi connectivity index (χ0v) is 16.5. The Balaban J connectivity index is 1.42. The van der Waals surface area contributed by atoms with Crippen LogP contribution in [0, 0.1) is 5.82 Å². The van der Waals surface area contributed by atoms with Gasteiger partial charge in [-0.1, -0.05) is 13.0 Å². The van der Waals surface area contributed by atoms with E-state index < -0.39 is 0 Å². The predicted molar refractivity (Wildman–Crippen MR) is 109 cm³/mol. The van der Waals surface area contributed by atoms with Gasteiger partial charge in [0.1, 0.15) is 5.82 Å². The fraction of sp³-hybridized carbons (Fsp3) is 0.391. The average molecular weight is 393 g/mol. The third-order valence-electron chi connectivity index (χ3n) is 6.41. The second-order valence-corrected chi connectivity index (χ2v) is 8.33. The number of fused-ring (bicyclic) bond motifs is 2. The van der Waals surface area contributed by atoms with Gasteiger partial charge in [0, 0.05) is 42.7 Å². The largest absolute Gasteiger partial charge is 0.330 e. The minimum absolute atomic E-state index is 0.0508. The molecular formula is C23H24FN3O2. The number of halogens is 1. The van der Waals surface area contributed by atoms with Crippen molar-refractivity contribution < 1.29 is 14.0 Å². The van der Waals surface area contributed by atoms with Crippen LogP contribution in [0.5, 0.6) is 0 Å². The molecule has 0 bridgehead atoms. The lowest BCUT2D eigenvalue weighted by atomic mass is 10.0. The van der Waals surface area contributed by atoms with E-state index in [0.29, 0.717) is 29.9 Å². The first-order chi connectivity index (χ1) is 14.0. The zero-order chi connectivity index (χ0) is 20.1. The fourth-order valence-electron chi connectivity index (χ4n) is 4.86. The van der Waals surface area contributed by atoms with Gasteiger partial charge in [0.25, 0.3) is 11.8 Å². The summed E-state index contributed by atoms with van der Waals surface area (Å²) in [6.45, 7) is 4.94. The van der Waals surface area contributed by atoms with E-state index in [4.69, 9.17) is 0 Å². The molecule has 0 radical (unpaired) electrons. The molecule has 1 unspecified atom stereocenters. The maximum absolute atomic E-state index is 13.8. The lowest BCUT2D eigenvalue weighted by Crippen LogP contribution is -2.46. The van der Waals surface area contributed by atoms with Crippen LogP contribution < -0.4 is 10.2 Å². The molecule has 1 saturated heterocycles. The molecule has 0 spiro atoms. The summed E-state index contributed by atoms with van der Waals surface area (Å²) < 4.78 is 13.8. The van der Waals surface area contributed by atoms with E-state index in [1.165, 1.54) is 12.1 Å². The summed E-state index contributed by atoms with van der Waals surface area (Å²) in [7, 11) is 0. The first-order valence-electron chi connectivity index (χ1n) is 10.3. The number of carbonyl (C=O) groups is 2. The first-order valence-corrected chi connectivity index (χ1v) is 10.3. The predicted octanol–water partition coefficient (Wildman–Crippen LogP) is 3.30. The Hall–Kier alpha value is -2.73. The van der Waals surface area contributed by atoms with Crippen molar-refractivity contribution in [2.24, 2.45) is 0 Å². The molecule has 0 saturated carbocycles. The fourth-order valence-corrected chi connectivity index (χ4v) is 4.86. The minimum atomic E-state index is -0.341. The third-order valence-corrected chi connectivity index (χ3v) is 6.41. The van der Waals surface area contributed by atoms with E-state index in [1.54, 1.807) is 23.1 Å². The zero-order valence-electron chi connectivity index (χ0n) is 16.5.